The van der Waals surface area contributed by atoms with Crippen LogP contribution >= 0.6 is 0 Å². The van der Waals surface area contributed by atoms with E-state index in [4.69, 9.17) is 0 Å². The van der Waals surface area contributed by atoms with Gasteiger partial charge in [0.05, 0.1) is 11.5 Å². The number of Topliss-reactive ketones (excluding diaryl/α,β-unsaturated/α-hetero) is 1. The number of hydrogen-bond donors (Lipinski definition) is 3. The zero-order chi connectivity index (χ0) is 27.2. The van der Waals surface area contributed by atoms with Crippen LogP contribution in [0.4, 0.5) is 13.2 Å². The van der Waals surface area contributed by atoms with Crippen LogP contribution in [0.1, 0.15) is 58.8 Å². The molecular formula is C24H33F3N4O6. The monoisotopic (exact) mass is 530 g/mol. The summed E-state index contributed by atoms with van der Waals surface area (Å²) in [6.45, 7) is 2.62. The number of carbonyl (C=O) groups excluding carboxylic acids is 5. The van der Waals surface area contributed by atoms with Gasteiger partial charge in [-0.1, -0.05) is 13.3 Å². The standard InChI is InChI=1S/C24H33F3N4O6/c1-22(8-9-28-21(22)36)10-15(16(32)12-37-24(25,26)27)29-18(33)17-14-5-3-4-13(14)11-31(17)20(35)19(34)30-23(2)6-7-23/h13-15,17H,3-12H2,1-2H3,(H,28,36)(H,29,33)(H,30,34)/t13-,14-,15-,17-,22+/m0/s1. The summed E-state index contributed by atoms with van der Waals surface area (Å²) in [6.07, 6.45) is -1.18. The highest BCUT2D eigenvalue weighted by atomic mass is 19.4. The lowest BCUT2D eigenvalue weighted by Crippen LogP contribution is -2.57. The van der Waals surface area contributed by atoms with E-state index in [9.17, 15) is 37.1 Å². The number of nitrogens with one attached hydrogen (secondary N) is 3. The van der Waals surface area contributed by atoms with Crippen LogP contribution < -0.4 is 16.0 Å². The van der Waals surface area contributed by atoms with Gasteiger partial charge in [0.2, 0.25) is 11.8 Å². The van der Waals surface area contributed by atoms with Crippen molar-refractivity contribution < 1.29 is 41.9 Å². The minimum atomic E-state index is -5.05. The number of ether oxygens (including phenoxy) is 1. The van der Waals surface area contributed by atoms with Crippen molar-refractivity contribution in [3.63, 3.8) is 0 Å². The van der Waals surface area contributed by atoms with Gasteiger partial charge in [0.15, 0.2) is 5.78 Å². The van der Waals surface area contributed by atoms with Gasteiger partial charge < -0.3 is 20.9 Å². The third kappa shape index (κ3) is 6.07. The number of rotatable bonds is 8. The van der Waals surface area contributed by atoms with Gasteiger partial charge in [0.1, 0.15) is 12.6 Å². The van der Waals surface area contributed by atoms with Crippen LogP contribution in [0.25, 0.3) is 0 Å². The second kappa shape index (κ2) is 9.88. The molecule has 2 heterocycles. The van der Waals surface area contributed by atoms with E-state index < -0.39 is 59.5 Å². The summed E-state index contributed by atoms with van der Waals surface area (Å²) in [5, 5.41) is 7.86. The Bertz CT molecular complexity index is 984. The minimum Gasteiger partial charge on any atom is -0.356 e. The number of alkyl halides is 3. The van der Waals surface area contributed by atoms with E-state index in [1.54, 1.807) is 6.92 Å². The molecule has 4 amide bonds. The summed E-state index contributed by atoms with van der Waals surface area (Å²) >= 11 is 0. The normalized spacial score (nSPS) is 30.9. The fourth-order valence-corrected chi connectivity index (χ4v) is 5.80. The quantitative estimate of drug-likeness (QED) is 0.398. The first-order chi connectivity index (χ1) is 17.2. The second-order valence-corrected chi connectivity index (χ2v) is 11.3. The first-order valence-corrected chi connectivity index (χ1v) is 12.7. The molecule has 3 N–H and O–H groups in total. The summed E-state index contributed by atoms with van der Waals surface area (Å²) in [5.41, 5.74) is -1.51. The third-order valence-corrected chi connectivity index (χ3v) is 8.28. The van der Waals surface area contributed by atoms with Crippen molar-refractivity contribution in [2.45, 2.75) is 82.8 Å². The molecule has 13 heteroatoms. The number of amides is 4. The topological polar surface area (TPSA) is 134 Å². The van der Waals surface area contributed by atoms with Crippen molar-refractivity contribution in [1.29, 1.82) is 0 Å². The number of nitrogens with zero attached hydrogens (tertiary/aromatic N) is 1. The molecule has 0 spiro atoms. The first kappa shape index (κ1) is 27.3. The average molecular weight is 531 g/mol. The maximum absolute atomic E-state index is 13.5. The number of halogens is 3. The van der Waals surface area contributed by atoms with Crippen LogP contribution in [-0.4, -0.2) is 78.0 Å². The number of carbonyl (C=O) groups is 5. The van der Waals surface area contributed by atoms with E-state index in [1.165, 1.54) is 4.90 Å². The maximum Gasteiger partial charge on any atom is 0.522 e. The van der Waals surface area contributed by atoms with E-state index in [0.717, 1.165) is 25.7 Å². The summed E-state index contributed by atoms with van der Waals surface area (Å²) in [5.74, 6) is -4.00. The van der Waals surface area contributed by atoms with Crippen molar-refractivity contribution in [3.8, 4) is 0 Å². The fourth-order valence-electron chi connectivity index (χ4n) is 5.80. The molecule has 0 aromatic heterocycles. The van der Waals surface area contributed by atoms with Crippen LogP contribution in [0.15, 0.2) is 0 Å². The Labute approximate surface area is 212 Å². The van der Waals surface area contributed by atoms with Crippen molar-refractivity contribution in [1.82, 2.24) is 20.9 Å². The highest BCUT2D eigenvalue weighted by Gasteiger charge is 2.52. The van der Waals surface area contributed by atoms with Crippen LogP contribution in [-0.2, 0) is 28.7 Å². The van der Waals surface area contributed by atoms with E-state index in [0.29, 0.717) is 19.4 Å². The molecular weight excluding hydrogens is 497 g/mol. The van der Waals surface area contributed by atoms with E-state index in [1.807, 2.05) is 6.92 Å². The van der Waals surface area contributed by atoms with Gasteiger partial charge in [-0.05, 0) is 57.3 Å². The Morgan fingerprint density at radius 1 is 1.16 bits per heavy atom. The highest BCUT2D eigenvalue weighted by Crippen LogP contribution is 2.43. The first-order valence-electron chi connectivity index (χ1n) is 12.7. The lowest BCUT2D eigenvalue weighted by Gasteiger charge is -2.31. The predicted octanol–water partition coefficient (Wildman–Crippen LogP) is 0.789. The maximum atomic E-state index is 13.5. The molecule has 5 atom stereocenters. The lowest BCUT2D eigenvalue weighted by atomic mass is 9.81. The fraction of sp³-hybridized carbons (Fsp3) is 0.792. The van der Waals surface area contributed by atoms with Crippen molar-refractivity contribution in [3.05, 3.63) is 0 Å². The van der Waals surface area contributed by atoms with Crippen molar-refractivity contribution >= 4 is 29.4 Å². The van der Waals surface area contributed by atoms with E-state index in [2.05, 4.69) is 20.7 Å². The molecule has 0 aromatic rings. The van der Waals surface area contributed by atoms with Gasteiger partial charge in [-0.25, -0.2) is 0 Å². The Hall–Kier alpha value is -2.70. The van der Waals surface area contributed by atoms with Crippen LogP contribution in [0.2, 0.25) is 0 Å². The summed E-state index contributed by atoms with van der Waals surface area (Å²) in [7, 11) is 0. The van der Waals surface area contributed by atoms with Gasteiger partial charge in [-0.3, -0.25) is 28.7 Å². The Balaban J connectivity index is 1.52. The van der Waals surface area contributed by atoms with Gasteiger partial charge in [-0.15, -0.1) is 13.2 Å². The predicted molar refractivity (Wildman–Crippen MR) is 121 cm³/mol. The molecule has 0 bridgehead atoms. The largest absolute Gasteiger partial charge is 0.522 e. The summed E-state index contributed by atoms with van der Waals surface area (Å²) < 4.78 is 41.5. The molecule has 4 fully saturated rings. The minimum absolute atomic E-state index is 0.00449. The molecule has 10 nitrogen and oxygen atoms in total. The van der Waals surface area contributed by atoms with E-state index in [-0.39, 0.29) is 30.7 Å². The SMILES string of the molecule is CC1(NC(=O)C(=O)N2C[C@@H]3CCC[C@@H]3[C@H]2C(=O)N[C@@H](C[C@@]2(C)CCNC2=O)C(=O)COC(F)(F)F)CC1. The number of likely N-dealkylation sites (tertiary alicyclic amines) is 1. The van der Waals surface area contributed by atoms with Crippen molar-refractivity contribution in [2.24, 2.45) is 17.3 Å². The molecule has 0 unspecified atom stereocenters. The smallest absolute Gasteiger partial charge is 0.356 e. The molecule has 2 aliphatic carbocycles. The van der Waals surface area contributed by atoms with Gasteiger partial charge >= 0.3 is 18.2 Å². The summed E-state index contributed by atoms with van der Waals surface area (Å²) in [4.78, 5) is 65.6. The molecule has 4 aliphatic rings. The zero-order valence-electron chi connectivity index (χ0n) is 20.9. The molecule has 0 aromatic carbocycles. The molecule has 206 valence electrons. The zero-order valence-corrected chi connectivity index (χ0v) is 20.9. The second-order valence-electron chi connectivity index (χ2n) is 11.3. The van der Waals surface area contributed by atoms with Gasteiger partial charge in [-0.2, -0.15) is 0 Å². The molecule has 2 saturated carbocycles. The molecule has 4 rings (SSSR count). The average Bonchev–Trinajstić information content (AvgIpc) is 3.12. The molecule has 2 aliphatic heterocycles. The Morgan fingerprint density at radius 2 is 1.86 bits per heavy atom. The van der Waals surface area contributed by atoms with E-state index >= 15 is 0 Å². The van der Waals surface area contributed by atoms with Gasteiger partial charge in [0.25, 0.3) is 0 Å². The van der Waals surface area contributed by atoms with Crippen molar-refractivity contribution in [2.75, 3.05) is 19.7 Å². The molecule has 0 radical (unpaired) electrons. The van der Waals surface area contributed by atoms with Crippen LogP contribution in [0.5, 0.6) is 0 Å². The third-order valence-electron chi connectivity index (χ3n) is 8.28. The number of hydrogen-bond acceptors (Lipinski definition) is 6. The van der Waals surface area contributed by atoms with Crippen LogP contribution in [0, 0.1) is 17.3 Å². The Kier molecular flexibility index (Phi) is 7.30. The van der Waals surface area contributed by atoms with Crippen LogP contribution in [0.3, 0.4) is 0 Å². The molecule has 2 saturated heterocycles. The Morgan fingerprint density at radius 3 is 2.46 bits per heavy atom. The highest BCUT2D eigenvalue weighted by molar-refractivity contribution is 6.35. The number of ketones is 1. The molecule has 37 heavy (non-hydrogen) atoms. The number of fused-ring (bicyclic) bond motifs is 1. The van der Waals surface area contributed by atoms with Gasteiger partial charge in [0, 0.05) is 18.6 Å². The summed E-state index contributed by atoms with van der Waals surface area (Å²) in [6, 6.07) is -2.48. The lowest BCUT2D eigenvalue weighted by molar-refractivity contribution is -0.321.